The monoisotopic (exact) mass is 386 g/mol. The minimum atomic E-state index is -0.179. The van der Waals surface area contributed by atoms with Crippen LogP contribution in [0.2, 0.25) is 0 Å². The summed E-state index contributed by atoms with van der Waals surface area (Å²) in [6, 6.07) is 18.7. The number of hydrogen-bond donors (Lipinski definition) is 0. The van der Waals surface area contributed by atoms with Crippen LogP contribution in [0.1, 0.15) is 29.0 Å². The topological polar surface area (TPSA) is 79.0 Å². The van der Waals surface area contributed by atoms with Crippen molar-refractivity contribution in [2.24, 2.45) is 5.92 Å². The van der Waals surface area contributed by atoms with Crippen molar-refractivity contribution >= 4 is 16.7 Å². The molecule has 0 atom stereocenters. The van der Waals surface area contributed by atoms with Crippen molar-refractivity contribution in [2.75, 3.05) is 13.1 Å². The predicted octanol–water partition coefficient (Wildman–Crippen LogP) is 3.01. The number of para-hydroxylation sites is 1. The summed E-state index contributed by atoms with van der Waals surface area (Å²) in [6.07, 6.45) is 1.56. The molecule has 2 aromatic carbocycles. The Kier molecular flexibility index (Phi) is 5.50. The zero-order valence-electron chi connectivity index (χ0n) is 16.1. The summed E-state index contributed by atoms with van der Waals surface area (Å²) in [5, 5.41) is 9.69. The van der Waals surface area contributed by atoms with Gasteiger partial charge in [-0.25, -0.2) is 4.98 Å². The largest absolute Gasteiger partial charge is 0.296 e. The number of fused-ring (bicyclic) bond motifs is 1. The van der Waals surface area contributed by atoms with Gasteiger partial charge in [0.2, 0.25) is 0 Å². The molecule has 0 saturated carbocycles. The Labute approximate surface area is 169 Å². The van der Waals surface area contributed by atoms with Crippen LogP contribution in [0, 0.1) is 17.2 Å². The molecule has 146 valence electrons. The van der Waals surface area contributed by atoms with E-state index >= 15 is 0 Å². The van der Waals surface area contributed by atoms with Crippen LogP contribution in [0.25, 0.3) is 10.9 Å². The second kappa shape index (κ2) is 8.38. The number of hydrogen-bond acceptors (Lipinski definition) is 5. The number of nitrogens with zero attached hydrogens (tertiary/aromatic N) is 4. The number of rotatable bonds is 5. The summed E-state index contributed by atoms with van der Waals surface area (Å²) >= 11 is 0. The van der Waals surface area contributed by atoms with Gasteiger partial charge in [-0.15, -0.1) is 0 Å². The molecular weight excluding hydrogens is 364 g/mol. The van der Waals surface area contributed by atoms with Gasteiger partial charge in [-0.05, 0) is 38.1 Å². The zero-order valence-corrected chi connectivity index (χ0v) is 16.1. The van der Waals surface area contributed by atoms with Crippen LogP contribution < -0.4 is 5.56 Å². The highest BCUT2D eigenvalue weighted by molar-refractivity contribution is 5.97. The number of nitriles is 1. The summed E-state index contributed by atoms with van der Waals surface area (Å²) in [5.74, 6) is 0.832. The van der Waals surface area contributed by atoms with Gasteiger partial charge in [-0.3, -0.25) is 19.1 Å². The van der Waals surface area contributed by atoms with Gasteiger partial charge in [0.25, 0.3) is 5.56 Å². The molecule has 0 aliphatic carbocycles. The molecule has 0 unspecified atom stereocenters. The van der Waals surface area contributed by atoms with Crippen LogP contribution in [-0.2, 0) is 13.1 Å². The number of benzene rings is 2. The Balaban J connectivity index is 1.50. The molecule has 0 radical (unpaired) electrons. The van der Waals surface area contributed by atoms with Crippen LogP contribution in [-0.4, -0.2) is 33.3 Å². The average molecular weight is 386 g/mol. The second-order valence-electron chi connectivity index (χ2n) is 7.38. The van der Waals surface area contributed by atoms with E-state index in [-0.39, 0.29) is 23.8 Å². The number of carbonyl (C=O) groups excluding carboxylic acids is 1. The third kappa shape index (κ3) is 3.96. The molecule has 29 heavy (non-hydrogen) atoms. The molecule has 0 spiro atoms. The van der Waals surface area contributed by atoms with Gasteiger partial charge in [0.1, 0.15) is 12.4 Å². The highest BCUT2D eigenvalue weighted by Crippen LogP contribution is 2.23. The van der Waals surface area contributed by atoms with Crippen molar-refractivity contribution in [2.45, 2.75) is 25.9 Å². The lowest BCUT2D eigenvalue weighted by Gasteiger charge is -2.31. The van der Waals surface area contributed by atoms with E-state index in [2.05, 4.69) is 16.0 Å². The molecule has 1 saturated heterocycles. The molecule has 1 aromatic heterocycles. The fourth-order valence-electron chi connectivity index (χ4n) is 3.96. The summed E-state index contributed by atoms with van der Waals surface area (Å²) in [5.41, 5.74) is 1.24. The highest BCUT2D eigenvalue weighted by atomic mass is 16.1. The van der Waals surface area contributed by atoms with Crippen molar-refractivity contribution in [3.63, 3.8) is 0 Å². The van der Waals surface area contributed by atoms with Gasteiger partial charge in [0, 0.05) is 11.5 Å². The molecule has 1 aliphatic rings. The first-order valence-corrected chi connectivity index (χ1v) is 9.84. The summed E-state index contributed by atoms with van der Waals surface area (Å²) < 4.78 is 1.46. The molecule has 0 N–H and O–H groups in total. The van der Waals surface area contributed by atoms with E-state index in [9.17, 15) is 9.59 Å². The molecule has 1 aliphatic heterocycles. The summed E-state index contributed by atoms with van der Waals surface area (Å²) in [4.78, 5) is 32.3. The summed E-state index contributed by atoms with van der Waals surface area (Å²) in [6.45, 7) is 2.00. The molecule has 0 amide bonds. The molecule has 6 nitrogen and oxygen atoms in total. The Bertz CT molecular complexity index is 1120. The number of aromatic nitrogens is 2. The smallest absolute Gasteiger partial charge is 0.262 e. The first-order chi connectivity index (χ1) is 14.2. The Hall–Kier alpha value is -3.30. The highest BCUT2D eigenvalue weighted by Gasteiger charge is 2.26. The quantitative estimate of drug-likeness (QED) is 0.630. The van der Waals surface area contributed by atoms with Gasteiger partial charge in [0.15, 0.2) is 5.78 Å². The van der Waals surface area contributed by atoms with Crippen molar-refractivity contribution in [3.05, 3.63) is 76.3 Å². The van der Waals surface area contributed by atoms with Gasteiger partial charge < -0.3 is 0 Å². The normalized spacial score (nSPS) is 15.3. The standard InChI is InChI=1S/C23H22N4O2/c24-12-15-27-21(25-20-9-5-4-8-19(20)23(27)29)16-26-13-10-18(11-14-26)22(28)17-6-2-1-3-7-17/h1-9,18H,10-11,13-16H2. The maximum Gasteiger partial charge on any atom is 0.262 e. The van der Waals surface area contributed by atoms with Crippen LogP contribution in [0.15, 0.2) is 59.4 Å². The van der Waals surface area contributed by atoms with E-state index in [0.717, 1.165) is 31.5 Å². The lowest BCUT2D eigenvalue weighted by molar-refractivity contribution is 0.0831. The van der Waals surface area contributed by atoms with Crippen molar-refractivity contribution in [1.82, 2.24) is 14.5 Å². The Morgan fingerprint density at radius 3 is 2.48 bits per heavy atom. The fourth-order valence-corrected chi connectivity index (χ4v) is 3.96. The van der Waals surface area contributed by atoms with E-state index < -0.39 is 0 Å². The lowest BCUT2D eigenvalue weighted by Crippen LogP contribution is -2.38. The average Bonchev–Trinajstić information content (AvgIpc) is 2.77. The molecule has 4 rings (SSSR count). The number of Topliss-reactive ketones (excluding diaryl/α,β-unsaturated/α-hetero) is 1. The third-order valence-electron chi connectivity index (χ3n) is 5.55. The van der Waals surface area contributed by atoms with Crippen LogP contribution in [0.5, 0.6) is 0 Å². The van der Waals surface area contributed by atoms with Crippen LogP contribution >= 0.6 is 0 Å². The van der Waals surface area contributed by atoms with Gasteiger partial charge in [-0.2, -0.15) is 5.26 Å². The van der Waals surface area contributed by atoms with Crippen LogP contribution in [0.4, 0.5) is 0 Å². The summed E-state index contributed by atoms with van der Waals surface area (Å²) in [7, 11) is 0. The third-order valence-corrected chi connectivity index (χ3v) is 5.55. The number of ketones is 1. The fraction of sp³-hybridized carbons (Fsp3) is 0.304. The molecule has 6 heteroatoms. The second-order valence-corrected chi connectivity index (χ2v) is 7.38. The van der Waals surface area contributed by atoms with E-state index in [1.165, 1.54) is 4.57 Å². The van der Waals surface area contributed by atoms with Crippen molar-refractivity contribution in [3.8, 4) is 6.07 Å². The molecular formula is C23H22N4O2. The SMILES string of the molecule is N#CCn1c(CN2CCC(C(=O)c3ccccc3)CC2)nc2ccccc2c1=O. The van der Waals surface area contributed by atoms with Crippen LogP contribution in [0.3, 0.4) is 0 Å². The Morgan fingerprint density at radius 2 is 1.76 bits per heavy atom. The molecule has 1 fully saturated rings. The molecule has 0 bridgehead atoms. The maximum absolute atomic E-state index is 12.8. The predicted molar refractivity (Wildman–Crippen MR) is 110 cm³/mol. The first kappa shape index (κ1) is 19.0. The van der Waals surface area contributed by atoms with Crippen molar-refractivity contribution in [1.29, 1.82) is 5.26 Å². The minimum absolute atomic E-state index is 0.0189. The molecule has 2 heterocycles. The van der Waals surface area contributed by atoms with E-state index in [4.69, 9.17) is 5.26 Å². The Morgan fingerprint density at radius 1 is 1.07 bits per heavy atom. The van der Waals surface area contributed by atoms with Gasteiger partial charge in [0.05, 0.1) is 23.5 Å². The lowest BCUT2D eigenvalue weighted by atomic mass is 9.89. The van der Waals surface area contributed by atoms with E-state index in [1.807, 2.05) is 42.5 Å². The number of piperidine rings is 1. The first-order valence-electron chi connectivity index (χ1n) is 9.84. The van der Waals surface area contributed by atoms with E-state index in [0.29, 0.717) is 23.3 Å². The number of likely N-dealkylation sites (tertiary alicyclic amines) is 1. The maximum atomic E-state index is 12.8. The number of carbonyl (C=O) groups is 1. The minimum Gasteiger partial charge on any atom is -0.296 e. The van der Waals surface area contributed by atoms with E-state index in [1.54, 1.807) is 12.1 Å². The molecule has 3 aromatic rings. The van der Waals surface area contributed by atoms with Crippen molar-refractivity contribution < 1.29 is 4.79 Å². The van der Waals surface area contributed by atoms with Gasteiger partial charge in [-0.1, -0.05) is 42.5 Å². The zero-order chi connectivity index (χ0) is 20.2. The van der Waals surface area contributed by atoms with Gasteiger partial charge >= 0.3 is 0 Å².